The Morgan fingerprint density at radius 2 is 1.74 bits per heavy atom. The van der Waals surface area contributed by atoms with E-state index in [-0.39, 0.29) is 22.9 Å². The maximum absolute atomic E-state index is 12.5. The zero-order valence-corrected chi connectivity index (χ0v) is 13.5. The van der Waals surface area contributed by atoms with Crippen LogP contribution >= 0.6 is 0 Å². The highest BCUT2D eigenvalue weighted by atomic mass is 32.2. The molecule has 0 aliphatic heterocycles. The maximum Gasteiger partial charge on any atom is 0.416 e. The Kier molecular flexibility index (Phi) is 4.54. The number of nitrogens with zero attached hydrogens (tertiary/aromatic N) is 2. The fraction of sp³-hybridized carbons (Fsp3) is 0.357. The topological polar surface area (TPSA) is 63.4 Å². The minimum absolute atomic E-state index is 0.0214. The van der Waals surface area contributed by atoms with Crippen molar-refractivity contribution in [2.45, 2.75) is 31.5 Å². The van der Waals surface area contributed by atoms with Gasteiger partial charge in [-0.05, 0) is 31.5 Å². The van der Waals surface area contributed by atoms with E-state index in [0.717, 1.165) is 16.4 Å². The van der Waals surface area contributed by atoms with Crippen LogP contribution in [0.15, 0.2) is 33.7 Å². The van der Waals surface area contributed by atoms with Gasteiger partial charge in [-0.2, -0.15) is 17.5 Å². The Bertz CT molecular complexity index is 776. The van der Waals surface area contributed by atoms with Crippen molar-refractivity contribution >= 4 is 10.0 Å². The minimum atomic E-state index is -4.42. The molecule has 5 nitrogen and oxygen atoms in total. The number of benzene rings is 1. The van der Waals surface area contributed by atoms with Gasteiger partial charge >= 0.3 is 6.18 Å². The summed E-state index contributed by atoms with van der Waals surface area (Å²) in [5.74, 6) is 0.168. The van der Waals surface area contributed by atoms with Crippen molar-refractivity contribution in [2.24, 2.45) is 0 Å². The highest BCUT2D eigenvalue weighted by Gasteiger charge is 2.31. The summed E-state index contributed by atoms with van der Waals surface area (Å²) in [6.07, 6.45) is -4.42. The summed E-state index contributed by atoms with van der Waals surface area (Å²) < 4.78 is 68.5. The van der Waals surface area contributed by atoms with E-state index in [1.807, 2.05) is 0 Å². The van der Waals surface area contributed by atoms with E-state index in [1.54, 1.807) is 0 Å². The molecule has 0 atom stereocenters. The van der Waals surface area contributed by atoms with Gasteiger partial charge < -0.3 is 4.52 Å². The van der Waals surface area contributed by atoms with Crippen molar-refractivity contribution in [3.05, 3.63) is 46.8 Å². The minimum Gasteiger partial charge on any atom is -0.360 e. The lowest BCUT2D eigenvalue weighted by Crippen LogP contribution is -2.27. The fourth-order valence-corrected chi connectivity index (χ4v) is 3.58. The molecule has 0 bridgehead atoms. The zero-order chi connectivity index (χ0) is 17.4. The molecule has 1 aromatic heterocycles. The molecular weight excluding hydrogens is 333 g/mol. The predicted molar refractivity (Wildman–Crippen MR) is 76.1 cm³/mol. The van der Waals surface area contributed by atoms with Gasteiger partial charge in [0.15, 0.2) is 5.76 Å². The van der Waals surface area contributed by atoms with Gasteiger partial charge in [-0.3, -0.25) is 0 Å². The van der Waals surface area contributed by atoms with Crippen molar-refractivity contribution in [3.63, 3.8) is 0 Å². The Labute approximate surface area is 131 Å². The van der Waals surface area contributed by atoms with Crippen LogP contribution in [0.3, 0.4) is 0 Å². The molecule has 0 fully saturated rings. The highest BCUT2D eigenvalue weighted by Crippen LogP contribution is 2.29. The van der Waals surface area contributed by atoms with Crippen molar-refractivity contribution in [1.29, 1.82) is 0 Å². The van der Waals surface area contributed by atoms with Gasteiger partial charge in [0.2, 0.25) is 10.0 Å². The lowest BCUT2D eigenvalue weighted by molar-refractivity contribution is -0.137. The number of hydrogen-bond donors (Lipinski definition) is 0. The van der Waals surface area contributed by atoms with E-state index < -0.39 is 21.8 Å². The van der Waals surface area contributed by atoms with E-state index in [2.05, 4.69) is 5.16 Å². The number of sulfonamides is 1. The lowest BCUT2D eigenvalue weighted by Gasteiger charge is -2.17. The number of aromatic nitrogens is 1. The first-order chi connectivity index (χ1) is 10.5. The van der Waals surface area contributed by atoms with Crippen LogP contribution in [-0.4, -0.2) is 24.9 Å². The van der Waals surface area contributed by atoms with Crippen LogP contribution in [0.5, 0.6) is 0 Å². The van der Waals surface area contributed by atoms with E-state index in [9.17, 15) is 21.6 Å². The van der Waals surface area contributed by atoms with E-state index in [4.69, 9.17) is 4.52 Å². The Morgan fingerprint density at radius 1 is 1.17 bits per heavy atom. The number of hydrogen-bond acceptors (Lipinski definition) is 4. The molecule has 1 aromatic carbocycles. The third-order valence-corrected chi connectivity index (χ3v) is 5.37. The SMILES string of the molecule is Cc1noc(C)c1S(=O)(=O)N(C)Cc1ccc(C(F)(F)F)cc1. The first-order valence-corrected chi connectivity index (χ1v) is 8.03. The third kappa shape index (κ3) is 3.56. The second-order valence-electron chi connectivity index (χ2n) is 5.11. The summed E-state index contributed by atoms with van der Waals surface area (Å²) in [7, 11) is -2.49. The Balaban J connectivity index is 2.23. The smallest absolute Gasteiger partial charge is 0.360 e. The first-order valence-electron chi connectivity index (χ1n) is 6.59. The molecule has 2 rings (SSSR count). The van der Waals surface area contributed by atoms with Crippen molar-refractivity contribution in [3.8, 4) is 0 Å². The predicted octanol–water partition coefficient (Wildman–Crippen LogP) is 3.13. The molecule has 2 aromatic rings. The van der Waals surface area contributed by atoms with Crippen LogP contribution in [0.4, 0.5) is 13.2 Å². The van der Waals surface area contributed by atoms with Crippen LogP contribution in [-0.2, 0) is 22.7 Å². The second kappa shape index (κ2) is 5.97. The molecular formula is C14H15F3N2O3S. The number of aryl methyl sites for hydroxylation is 2. The second-order valence-corrected chi connectivity index (χ2v) is 7.09. The number of alkyl halides is 3. The van der Waals surface area contributed by atoms with E-state index >= 15 is 0 Å². The Hall–Kier alpha value is -1.87. The van der Waals surface area contributed by atoms with E-state index in [1.165, 1.54) is 33.0 Å². The summed E-state index contributed by atoms with van der Waals surface area (Å²) in [5, 5.41) is 3.60. The van der Waals surface area contributed by atoms with Gasteiger partial charge in [0, 0.05) is 13.6 Å². The Morgan fingerprint density at radius 3 is 2.17 bits per heavy atom. The van der Waals surface area contributed by atoms with Crippen LogP contribution in [0.1, 0.15) is 22.6 Å². The first kappa shape index (κ1) is 17.5. The van der Waals surface area contributed by atoms with E-state index in [0.29, 0.717) is 5.56 Å². The van der Waals surface area contributed by atoms with Gasteiger partial charge in [0.05, 0.1) is 5.56 Å². The maximum atomic E-state index is 12.5. The molecule has 0 radical (unpaired) electrons. The molecule has 9 heteroatoms. The summed E-state index contributed by atoms with van der Waals surface area (Å²) in [6.45, 7) is 2.93. The quantitative estimate of drug-likeness (QED) is 0.852. The normalized spacial score (nSPS) is 12.8. The molecule has 23 heavy (non-hydrogen) atoms. The molecule has 0 unspecified atom stereocenters. The monoisotopic (exact) mass is 348 g/mol. The highest BCUT2D eigenvalue weighted by molar-refractivity contribution is 7.89. The summed E-state index contributed by atoms with van der Waals surface area (Å²) in [6, 6.07) is 4.35. The molecule has 0 amide bonds. The summed E-state index contributed by atoms with van der Waals surface area (Å²) >= 11 is 0. The third-order valence-electron chi connectivity index (χ3n) is 3.32. The molecule has 0 aliphatic carbocycles. The van der Waals surface area contributed by atoms with Crippen molar-refractivity contribution in [2.75, 3.05) is 7.05 Å². The van der Waals surface area contributed by atoms with Gasteiger partial charge in [0.1, 0.15) is 10.6 Å². The van der Waals surface area contributed by atoms with Gasteiger partial charge in [-0.15, -0.1) is 0 Å². The fourth-order valence-electron chi connectivity index (χ4n) is 2.14. The van der Waals surface area contributed by atoms with Crippen LogP contribution in [0.25, 0.3) is 0 Å². The van der Waals surface area contributed by atoms with Crippen LogP contribution < -0.4 is 0 Å². The summed E-state index contributed by atoms with van der Waals surface area (Å²) in [4.78, 5) is -0.0214. The van der Waals surface area contributed by atoms with Gasteiger partial charge in [0.25, 0.3) is 0 Å². The number of halogens is 3. The number of rotatable bonds is 4. The largest absolute Gasteiger partial charge is 0.416 e. The molecule has 0 saturated heterocycles. The van der Waals surface area contributed by atoms with Crippen LogP contribution in [0.2, 0.25) is 0 Å². The molecule has 0 aliphatic rings. The standard InChI is InChI=1S/C14H15F3N2O3S/c1-9-13(10(2)22-18-9)23(20,21)19(3)8-11-4-6-12(7-5-11)14(15,16)17/h4-7H,8H2,1-3H3. The van der Waals surface area contributed by atoms with Gasteiger partial charge in [-0.25, -0.2) is 8.42 Å². The molecule has 0 N–H and O–H groups in total. The molecule has 0 saturated carbocycles. The average Bonchev–Trinajstić information content (AvgIpc) is 2.78. The summed E-state index contributed by atoms with van der Waals surface area (Å²) in [5.41, 5.74) is -0.102. The van der Waals surface area contributed by atoms with Crippen LogP contribution in [0, 0.1) is 13.8 Å². The van der Waals surface area contributed by atoms with Crippen molar-refractivity contribution in [1.82, 2.24) is 9.46 Å². The molecule has 126 valence electrons. The average molecular weight is 348 g/mol. The lowest BCUT2D eigenvalue weighted by atomic mass is 10.1. The molecule has 0 spiro atoms. The van der Waals surface area contributed by atoms with Crippen molar-refractivity contribution < 1.29 is 26.1 Å². The zero-order valence-electron chi connectivity index (χ0n) is 12.7. The van der Waals surface area contributed by atoms with Gasteiger partial charge in [-0.1, -0.05) is 17.3 Å². The molecule has 1 heterocycles.